The summed E-state index contributed by atoms with van der Waals surface area (Å²) in [5.74, 6) is 0. The molecule has 1 aromatic carbocycles. The Morgan fingerprint density at radius 3 is 2.71 bits per heavy atom. The van der Waals surface area contributed by atoms with Gasteiger partial charge in [-0.3, -0.25) is 0 Å². The fourth-order valence-corrected chi connectivity index (χ4v) is 1.63. The number of carbonyl (C=O) groups excluding carboxylic acids is 1. The molecule has 2 nitrogen and oxygen atoms in total. The van der Waals surface area contributed by atoms with Crippen LogP contribution in [0.3, 0.4) is 0 Å². The highest BCUT2D eigenvalue weighted by molar-refractivity contribution is 9.10. The molecule has 0 aliphatic rings. The number of aliphatic hydroxyl groups is 1. The highest BCUT2D eigenvalue weighted by Gasteiger charge is 2.18. The first-order chi connectivity index (χ1) is 6.55. The monoisotopic (exact) mass is 256 g/mol. The van der Waals surface area contributed by atoms with E-state index >= 15 is 0 Å². The van der Waals surface area contributed by atoms with E-state index in [1.807, 2.05) is 24.3 Å². The van der Waals surface area contributed by atoms with Crippen molar-refractivity contribution in [3.63, 3.8) is 0 Å². The average molecular weight is 257 g/mol. The first-order valence-corrected chi connectivity index (χ1v) is 5.26. The smallest absolute Gasteiger partial charge is 0.151 e. The molecular formula is C11H13BrO2. The van der Waals surface area contributed by atoms with Crippen LogP contribution in [0.25, 0.3) is 0 Å². The molecule has 0 bridgehead atoms. The third kappa shape index (κ3) is 3.24. The maximum absolute atomic E-state index is 10.5. The molecule has 1 N–H and O–H groups in total. The van der Waals surface area contributed by atoms with Gasteiger partial charge in [0.15, 0.2) is 6.29 Å². The molecule has 0 aliphatic carbocycles. The standard InChI is InChI=1S/C11H13BrO2/c1-11(14,8-13)7-6-9-4-2-3-5-10(9)12/h2-5,8,14H,6-7H2,1H3. The maximum atomic E-state index is 10.5. The molecule has 0 aromatic heterocycles. The van der Waals surface area contributed by atoms with Gasteiger partial charge in [0.1, 0.15) is 5.60 Å². The predicted molar refractivity (Wildman–Crippen MR) is 59.2 cm³/mol. The topological polar surface area (TPSA) is 37.3 Å². The van der Waals surface area contributed by atoms with Gasteiger partial charge in [-0.05, 0) is 31.4 Å². The molecule has 1 atom stereocenters. The lowest BCUT2D eigenvalue weighted by atomic mass is 9.98. The molecule has 1 rings (SSSR count). The summed E-state index contributed by atoms with van der Waals surface area (Å²) in [6, 6.07) is 7.80. The summed E-state index contributed by atoms with van der Waals surface area (Å²) >= 11 is 3.42. The van der Waals surface area contributed by atoms with Gasteiger partial charge in [0, 0.05) is 4.47 Å². The summed E-state index contributed by atoms with van der Waals surface area (Å²) < 4.78 is 1.02. The van der Waals surface area contributed by atoms with Crippen LogP contribution >= 0.6 is 15.9 Å². The Labute approximate surface area is 92.1 Å². The largest absolute Gasteiger partial charge is 0.383 e. The summed E-state index contributed by atoms with van der Waals surface area (Å²) in [7, 11) is 0. The zero-order chi connectivity index (χ0) is 10.6. The third-order valence-corrected chi connectivity index (χ3v) is 2.89. The van der Waals surface area contributed by atoms with Crippen molar-refractivity contribution in [2.45, 2.75) is 25.4 Å². The second-order valence-corrected chi connectivity index (χ2v) is 4.42. The Kier molecular flexibility index (Phi) is 3.84. The van der Waals surface area contributed by atoms with Crippen molar-refractivity contribution in [1.29, 1.82) is 0 Å². The normalized spacial score (nSPS) is 14.8. The van der Waals surface area contributed by atoms with Gasteiger partial charge in [0.05, 0.1) is 0 Å². The molecule has 0 radical (unpaired) electrons. The zero-order valence-electron chi connectivity index (χ0n) is 8.03. The molecule has 0 aliphatic heterocycles. The van der Waals surface area contributed by atoms with E-state index in [4.69, 9.17) is 0 Å². The van der Waals surface area contributed by atoms with Gasteiger partial charge in [-0.1, -0.05) is 34.1 Å². The van der Waals surface area contributed by atoms with Crippen LogP contribution in [0.1, 0.15) is 18.9 Å². The Hall–Kier alpha value is -0.670. The van der Waals surface area contributed by atoms with Gasteiger partial charge >= 0.3 is 0 Å². The van der Waals surface area contributed by atoms with E-state index in [-0.39, 0.29) is 0 Å². The molecule has 0 saturated carbocycles. The zero-order valence-corrected chi connectivity index (χ0v) is 9.62. The minimum atomic E-state index is -1.21. The number of aryl methyl sites for hydroxylation is 1. The number of rotatable bonds is 4. The van der Waals surface area contributed by atoms with Crippen molar-refractivity contribution in [2.75, 3.05) is 0 Å². The minimum Gasteiger partial charge on any atom is -0.383 e. The van der Waals surface area contributed by atoms with Crippen molar-refractivity contribution >= 4 is 22.2 Å². The van der Waals surface area contributed by atoms with Crippen molar-refractivity contribution in [1.82, 2.24) is 0 Å². The lowest BCUT2D eigenvalue weighted by Gasteiger charge is -2.15. The van der Waals surface area contributed by atoms with Crippen LogP contribution in [-0.2, 0) is 11.2 Å². The fourth-order valence-electron chi connectivity index (χ4n) is 1.15. The van der Waals surface area contributed by atoms with Crippen LogP contribution in [0.15, 0.2) is 28.7 Å². The highest BCUT2D eigenvalue weighted by atomic mass is 79.9. The Balaban J connectivity index is 2.62. The first kappa shape index (κ1) is 11.4. The molecule has 1 aromatic rings. The first-order valence-electron chi connectivity index (χ1n) is 4.47. The van der Waals surface area contributed by atoms with E-state index in [0.29, 0.717) is 19.1 Å². The SMILES string of the molecule is CC(O)(C=O)CCc1ccccc1Br. The molecule has 0 fully saturated rings. The molecule has 3 heteroatoms. The third-order valence-electron chi connectivity index (χ3n) is 2.11. The van der Waals surface area contributed by atoms with E-state index < -0.39 is 5.60 Å². The summed E-state index contributed by atoms with van der Waals surface area (Å²) in [6.45, 7) is 1.52. The predicted octanol–water partition coefficient (Wildman–Crippen LogP) is 2.33. The lowest BCUT2D eigenvalue weighted by molar-refractivity contribution is -0.122. The van der Waals surface area contributed by atoms with Crippen LogP contribution in [0.4, 0.5) is 0 Å². The summed E-state index contributed by atoms with van der Waals surface area (Å²) in [6.07, 6.45) is 1.72. The molecule has 0 saturated heterocycles. The van der Waals surface area contributed by atoms with Crippen LogP contribution < -0.4 is 0 Å². The van der Waals surface area contributed by atoms with Gasteiger partial charge in [0.2, 0.25) is 0 Å². The van der Waals surface area contributed by atoms with Gasteiger partial charge in [-0.2, -0.15) is 0 Å². The highest BCUT2D eigenvalue weighted by Crippen LogP contribution is 2.19. The van der Waals surface area contributed by atoms with Gasteiger partial charge in [-0.15, -0.1) is 0 Å². The van der Waals surface area contributed by atoms with Gasteiger partial charge < -0.3 is 9.90 Å². The van der Waals surface area contributed by atoms with E-state index in [2.05, 4.69) is 15.9 Å². The molecular weight excluding hydrogens is 244 g/mol. The number of hydrogen-bond acceptors (Lipinski definition) is 2. The van der Waals surface area contributed by atoms with Crippen LogP contribution in [0.2, 0.25) is 0 Å². The summed E-state index contributed by atoms with van der Waals surface area (Å²) in [5, 5.41) is 9.49. The molecule has 0 spiro atoms. The summed E-state index contributed by atoms with van der Waals surface area (Å²) in [4.78, 5) is 10.5. The Morgan fingerprint density at radius 1 is 1.50 bits per heavy atom. The van der Waals surface area contributed by atoms with Gasteiger partial charge in [0.25, 0.3) is 0 Å². The molecule has 0 heterocycles. The molecule has 1 unspecified atom stereocenters. The number of halogens is 1. The Morgan fingerprint density at radius 2 is 2.14 bits per heavy atom. The molecule has 14 heavy (non-hydrogen) atoms. The lowest BCUT2D eigenvalue weighted by Crippen LogP contribution is -2.26. The second kappa shape index (κ2) is 4.71. The van der Waals surface area contributed by atoms with Crippen LogP contribution in [-0.4, -0.2) is 17.0 Å². The quantitative estimate of drug-likeness (QED) is 0.840. The van der Waals surface area contributed by atoms with E-state index in [0.717, 1.165) is 10.0 Å². The van der Waals surface area contributed by atoms with Crippen LogP contribution in [0, 0.1) is 0 Å². The maximum Gasteiger partial charge on any atom is 0.151 e. The van der Waals surface area contributed by atoms with Crippen LogP contribution in [0.5, 0.6) is 0 Å². The van der Waals surface area contributed by atoms with Crippen molar-refractivity contribution < 1.29 is 9.90 Å². The minimum absolute atomic E-state index is 0.444. The second-order valence-electron chi connectivity index (χ2n) is 3.57. The van der Waals surface area contributed by atoms with Crippen molar-refractivity contribution in [3.05, 3.63) is 34.3 Å². The Bertz CT molecular complexity index is 321. The van der Waals surface area contributed by atoms with Crippen molar-refractivity contribution in [3.8, 4) is 0 Å². The van der Waals surface area contributed by atoms with E-state index in [1.54, 1.807) is 0 Å². The average Bonchev–Trinajstić information content (AvgIpc) is 2.17. The fraction of sp³-hybridized carbons (Fsp3) is 0.364. The number of benzene rings is 1. The summed E-state index contributed by atoms with van der Waals surface area (Å²) in [5.41, 5.74) is -0.107. The molecule has 0 amide bonds. The molecule has 76 valence electrons. The van der Waals surface area contributed by atoms with Crippen molar-refractivity contribution in [2.24, 2.45) is 0 Å². The van der Waals surface area contributed by atoms with E-state index in [1.165, 1.54) is 6.92 Å². The number of carbonyl (C=O) groups is 1. The van der Waals surface area contributed by atoms with Gasteiger partial charge in [-0.25, -0.2) is 0 Å². The number of hydrogen-bond donors (Lipinski definition) is 1. The number of aldehydes is 1. The van der Waals surface area contributed by atoms with E-state index in [9.17, 15) is 9.90 Å².